The fourth-order valence-corrected chi connectivity index (χ4v) is 6.70. The molecule has 154 valence electrons. The van der Waals surface area contributed by atoms with Gasteiger partial charge in [0.25, 0.3) is 0 Å². The first-order valence-corrected chi connectivity index (χ1v) is 19.9. The summed E-state index contributed by atoms with van der Waals surface area (Å²) in [7, 11) is -2.54. The quantitative estimate of drug-likeness (QED) is 0.0834. The first-order chi connectivity index (χ1) is 12.0. The van der Waals surface area contributed by atoms with E-state index in [9.17, 15) is 0 Å². The summed E-state index contributed by atoms with van der Waals surface area (Å²) in [5.41, 5.74) is 3.54. The monoisotopic (exact) mass is 618 g/mol. The number of rotatable bonds is 13. The first-order valence-electron chi connectivity index (χ1n) is 10.7. The average molecular weight is 619 g/mol. The van der Waals surface area contributed by atoms with Crippen LogP contribution in [0.1, 0.15) is 78.1 Å². The Bertz CT molecular complexity index is 422. The van der Waals surface area contributed by atoms with E-state index in [1.165, 1.54) is 64.2 Å². The second-order valence-electron chi connectivity index (χ2n) is 9.71. The summed E-state index contributed by atoms with van der Waals surface area (Å²) < 4.78 is 3.48. The third-order valence-electron chi connectivity index (χ3n) is 4.77. The summed E-state index contributed by atoms with van der Waals surface area (Å²) >= 11 is 5.47. The lowest BCUT2D eigenvalue weighted by molar-refractivity contribution is 0.648. The van der Waals surface area contributed by atoms with Crippen molar-refractivity contribution < 1.29 is 0 Å². The van der Waals surface area contributed by atoms with Crippen molar-refractivity contribution in [2.24, 2.45) is 0 Å². The molecule has 0 fully saturated rings. The molecule has 4 heteroatoms. The Balaban J connectivity index is 5.84. The highest BCUT2D eigenvalue weighted by molar-refractivity contribution is 14.1. The van der Waals surface area contributed by atoms with Gasteiger partial charge in [0.05, 0.1) is 16.1 Å². The maximum atomic E-state index is 2.74. The Morgan fingerprint density at radius 1 is 0.538 bits per heavy atom. The summed E-state index contributed by atoms with van der Waals surface area (Å²) in [5.74, 6) is 0. The number of hydrogen-bond acceptors (Lipinski definition) is 0. The Labute approximate surface area is 194 Å². The Kier molecular flexibility index (Phi) is 14.3. The number of allylic oxidation sites excluding steroid dienone is 2. The molecule has 0 aromatic rings. The standard InChI is InChI=1S/C22H44I2Si2/c1-9-11-13-15-17-19(21(23)25(3,4)5)20(18-16-14-12-10-2)22(24)26(6,7)8/h9-18H2,1-8H3/b21-19+,22-20+. The topological polar surface area (TPSA) is 0 Å². The van der Waals surface area contributed by atoms with E-state index in [1.807, 2.05) is 0 Å². The summed E-state index contributed by atoms with van der Waals surface area (Å²) in [6.07, 6.45) is 13.6. The van der Waals surface area contributed by atoms with Crippen LogP contribution in [-0.4, -0.2) is 16.1 Å². The maximum Gasteiger partial charge on any atom is 0.0858 e. The van der Waals surface area contributed by atoms with Crippen molar-refractivity contribution in [1.29, 1.82) is 0 Å². The molecule has 0 heterocycles. The Morgan fingerprint density at radius 2 is 0.846 bits per heavy atom. The Morgan fingerprint density at radius 3 is 1.08 bits per heavy atom. The molecule has 0 saturated carbocycles. The minimum Gasteiger partial charge on any atom is -0.0654 e. The third kappa shape index (κ3) is 10.8. The molecular weight excluding hydrogens is 574 g/mol. The van der Waals surface area contributed by atoms with E-state index in [1.54, 1.807) is 17.6 Å². The molecule has 0 saturated heterocycles. The Hall–Kier alpha value is 1.37. The van der Waals surface area contributed by atoms with Gasteiger partial charge in [-0.1, -0.05) is 137 Å². The number of halogens is 2. The lowest BCUT2D eigenvalue weighted by atomic mass is 9.97. The largest absolute Gasteiger partial charge is 0.0858 e. The van der Waals surface area contributed by atoms with E-state index in [-0.39, 0.29) is 0 Å². The van der Waals surface area contributed by atoms with Crippen LogP contribution in [0.25, 0.3) is 0 Å². The van der Waals surface area contributed by atoms with Gasteiger partial charge in [-0.15, -0.1) is 0 Å². The molecule has 0 bridgehead atoms. The highest BCUT2D eigenvalue weighted by atomic mass is 127. The van der Waals surface area contributed by atoms with Gasteiger partial charge in [0.15, 0.2) is 0 Å². The van der Waals surface area contributed by atoms with Gasteiger partial charge in [0.1, 0.15) is 0 Å². The van der Waals surface area contributed by atoms with Gasteiger partial charge in [-0.25, -0.2) is 0 Å². The second kappa shape index (κ2) is 13.6. The molecule has 26 heavy (non-hydrogen) atoms. The molecule has 0 rings (SSSR count). The number of hydrogen-bond donors (Lipinski definition) is 0. The molecule has 0 spiro atoms. The predicted molar refractivity (Wildman–Crippen MR) is 146 cm³/mol. The lowest BCUT2D eigenvalue weighted by Crippen LogP contribution is -2.25. The highest BCUT2D eigenvalue weighted by Gasteiger charge is 2.27. The average Bonchev–Trinajstić information content (AvgIpc) is 2.53. The van der Waals surface area contributed by atoms with Crippen LogP contribution in [0.15, 0.2) is 17.6 Å². The zero-order valence-electron chi connectivity index (χ0n) is 18.8. The van der Waals surface area contributed by atoms with Gasteiger partial charge in [0.2, 0.25) is 0 Å². The minimum atomic E-state index is -1.27. The smallest absolute Gasteiger partial charge is 0.0654 e. The van der Waals surface area contributed by atoms with Gasteiger partial charge in [-0.2, -0.15) is 0 Å². The van der Waals surface area contributed by atoms with E-state index in [2.05, 4.69) is 98.3 Å². The van der Waals surface area contributed by atoms with Crippen LogP contribution in [0, 0.1) is 0 Å². The molecule has 0 N–H and O–H groups in total. The highest BCUT2D eigenvalue weighted by Crippen LogP contribution is 2.39. The van der Waals surface area contributed by atoms with Crippen molar-refractivity contribution in [3.05, 3.63) is 17.6 Å². The van der Waals surface area contributed by atoms with E-state index in [4.69, 9.17) is 0 Å². The minimum absolute atomic E-state index is 1.27. The van der Waals surface area contributed by atoms with Crippen molar-refractivity contribution in [2.75, 3.05) is 0 Å². The zero-order chi connectivity index (χ0) is 20.4. The van der Waals surface area contributed by atoms with Gasteiger partial charge in [-0.3, -0.25) is 0 Å². The van der Waals surface area contributed by atoms with Crippen molar-refractivity contribution in [2.45, 2.75) is 117 Å². The van der Waals surface area contributed by atoms with Crippen LogP contribution in [0.3, 0.4) is 0 Å². The molecule has 0 aliphatic carbocycles. The summed E-state index contributed by atoms with van der Waals surface area (Å²) in [6.45, 7) is 19.8. The van der Waals surface area contributed by atoms with Crippen LogP contribution in [-0.2, 0) is 0 Å². The third-order valence-corrected chi connectivity index (χ3v) is 19.0. The summed E-state index contributed by atoms with van der Waals surface area (Å²) in [5, 5.41) is 0. The van der Waals surface area contributed by atoms with E-state index >= 15 is 0 Å². The van der Waals surface area contributed by atoms with Crippen LogP contribution < -0.4 is 0 Å². The van der Waals surface area contributed by atoms with Gasteiger partial charge in [0, 0.05) is 0 Å². The molecule has 0 aromatic heterocycles. The molecule has 0 aromatic carbocycles. The maximum absolute atomic E-state index is 2.74. The fourth-order valence-electron chi connectivity index (χ4n) is 3.15. The van der Waals surface area contributed by atoms with Crippen LogP contribution >= 0.6 is 45.2 Å². The molecule has 0 amide bonds. The van der Waals surface area contributed by atoms with Crippen LogP contribution in [0.4, 0.5) is 0 Å². The van der Waals surface area contributed by atoms with E-state index in [0.717, 1.165) is 0 Å². The molecule has 0 aliphatic rings. The first kappa shape index (κ1) is 27.4. The predicted octanol–water partition coefficient (Wildman–Crippen LogP) is 10.1. The van der Waals surface area contributed by atoms with Crippen molar-refractivity contribution in [1.82, 2.24) is 0 Å². The lowest BCUT2D eigenvalue weighted by Gasteiger charge is -2.27. The summed E-state index contributed by atoms with van der Waals surface area (Å²) in [6, 6.07) is 0. The summed E-state index contributed by atoms with van der Waals surface area (Å²) in [4.78, 5) is 0. The molecule has 0 nitrogen and oxygen atoms in total. The van der Waals surface area contributed by atoms with E-state index < -0.39 is 16.1 Å². The number of unbranched alkanes of at least 4 members (excludes halogenated alkanes) is 6. The fraction of sp³-hybridized carbons (Fsp3) is 0.818. The van der Waals surface area contributed by atoms with Gasteiger partial charge in [-0.05, 0) is 43.2 Å². The molecule has 0 unspecified atom stereocenters. The molecule has 0 aliphatic heterocycles. The van der Waals surface area contributed by atoms with Crippen molar-refractivity contribution in [3.8, 4) is 0 Å². The van der Waals surface area contributed by atoms with Crippen LogP contribution in [0.2, 0.25) is 39.3 Å². The van der Waals surface area contributed by atoms with Crippen molar-refractivity contribution >= 4 is 61.3 Å². The zero-order valence-corrected chi connectivity index (χ0v) is 25.1. The second-order valence-corrected chi connectivity index (χ2v) is 23.9. The molecule has 0 radical (unpaired) electrons. The molecule has 0 atom stereocenters. The van der Waals surface area contributed by atoms with Gasteiger partial charge < -0.3 is 0 Å². The van der Waals surface area contributed by atoms with Gasteiger partial charge >= 0.3 is 0 Å². The molecular formula is C22H44I2Si2. The van der Waals surface area contributed by atoms with E-state index in [0.29, 0.717) is 0 Å². The van der Waals surface area contributed by atoms with Crippen molar-refractivity contribution in [3.63, 3.8) is 0 Å². The normalized spacial score (nSPS) is 15.0. The SMILES string of the molecule is CCCCCCC(/C(CCCCCC)=C(\I)[Si](C)(C)C)=C(/I)[Si](C)(C)C. The van der Waals surface area contributed by atoms with Crippen LogP contribution in [0.5, 0.6) is 0 Å².